The molecule has 0 atom stereocenters. The molecule has 2 N–H and O–H groups in total. The average molecular weight is 296 g/mol. The molecule has 1 fully saturated rings. The van der Waals surface area contributed by atoms with Crippen molar-refractivity contribution in [3.8, 4) is 0 Å². The van der Waals surface area contributed by atoms with Gasteiger partial charge in [0, 0.05) is 11.9 Å². The number of amides is 1. The number of hydrogen-bond acceptors (Lipinski definition) is 4. The van der Waals surface area contributed by atoms with Gasteiger partial charge in [0.05, 0.1) is 22.7 Å². The van der Waals surface area contributed by atoms with Gasteiger partial charge in [-0.2, -0.15) is 0 Å². The summed E-state index contributed by atoms with van der Waals surface area (Å²) in [5, 5.41) is 16.2. The fourth-order valence-electron chi connectivity index (χ4n) is 2.55. The number of aliphatic hydroxyl groups is 1. The summed E-state index contributed by atoms with van der Waals surface area (Å²) in [6.45, 7) is 6.75. The van der Waals surface area contributed by atoms with Crippen molar-refractivity contribution in [3.63, 3.8) is 0 Å². The number of rotatable bonds is 4. The van der Waals surface area contributed by atoms with E-state index < -0.39 is 5.60 Å². The monoisotopic (exact) mass is 296 g/mol. The van der Waals surface area contributed by atoms with E-state index >= 15 is 0 Å². The molecule has 5 heteroatoms. The summed E-state index contributed by atoms with van der Waals surface area (Å²) < 4.78 is 0. The molecule has 1 aliphatic carbocycles. The number of nitrogens with zero attached hydrogens (tertiary/aromatic N) is 1. The van der Waals surface area contributed by atoms with Gasteiger partial charge < -0.3 is 10.4 Å². The highest BCUT2D eigenvalue weighted by Gasteiger charge is 2.36. The van der Waals surface area contributed by atoms with Crippen LogP contribution in [0.2, 0.25) is 0 Å². The highest BCUT2D eigenvalue weighted by molar-refractivity contribution is 7.09. The first-order valence-corrected chi connectivity index (χ1v) is 8.06. The number of nitrogens with one attached hydrogen (secondary N) is 1. The Morgan fingerprint density at radius 3 is 2.60 bits per heavy atom. The molecule has 2 rings (SSSR count). The van der Waals surface area contributed by atoms with Crippen molar-refractivity contribution >= 4 is 17.2 Å². The van der Waals surface area contributed by atoms with Gasteiger partial charge >= 0.3 is 0 Å². The minimum atomic E-state index is -0.733. The van der Waals surface area contributed by atoms with Crippen molar-refractivity contribution in [2.24, 2.45) is 5.41 Å². The predicted molar refractivity (Wildman–Crippen MR) is 80.8 cm³/mol. The van der Waals surface area contributed by atoms with Gasteiger partial charge in [0.2, 0.25) is 5.91 Å². The van der Waals surface area contributed by atoms with Gasteiger partial charge in [0.25, 0.3) is 0 Å². The van der Waals surface area contributed by atoms with Crippen molar-refractivity contribution in [3.05, 3.63) is 16.1 Å². The number of aromatic nitrogens is 1. The molecule has 0 saturated heterocycles. The molecule has 1 amide bonds. The van der Waals surface area contributed by atoms with Gasteiger partial charge in [-0.05, 0) is 38.0 Å². The molecule has 0 bridgehead atoms. The van der Waals surface area contributed by atoms with E-state index in [0.717, 1.165) is 36.4 Å². The second-order valence-corrected chi connectivity index (χ2v) is 7.76. The molecule has 0 aliphatic heterocycles. The zero-order valence-electron chi connectivity index (χ0n) is 12.5. The second-order valence-electron chi connectivity index (χ2n) is 6.70. The van der Waals surface area contributed by atoms with E-state index in [9.17, 15) is 9.90 Å². The summed E-state index contributed by atoms with van der Waals surface area (Å²) in [6, 6.07) is 0. The maximum Gasteiger partial charge on any atom is 0.226 e. The minimum Gasteiger partial charge on any atom is -0.388 e. The predicted octanol–water partition coefficient (Wildman–Crippen LogP) is 2.44. The van der Waals surface area contributed by atoms with Crippen LogP contribution in [0.3, 0.4) is 0 Å². The summed E-state index contributed by atoms with van der Waals surface area (Å²) >= 11 is 1.55. The lowest BCUT2D eigenvalue weighted by molar-refractivity contribution is -0.122. The Hall–Kier alpha value is -0.940. The van der Waals surface area contributed by atoms with E-state index in [1.54, 1.807) is 11.3 Å². The Balaban J connectivity index is 1.78. The van der Waals surface area contributed by atoms with Crippen molar-refractivity contribution in [2.45, 2.75) is 58.5 Å². The van der Waals surface area contributed by atoms with Crippen LogP contribution in [0.25, 0.3) is 0 Å². The summed E-state index contributed by atoms with van der Waals surface area (Å²) in [7, 11) is 0. The summed E-state index contributed by atoms with van der Waals surface area (Å²) in [6.07, 6.45) is 3.83. The first-order valence-electron chi connectivity index (χ1n) is 7.18. The minimum absolute atomic E-state index is 0.0615. The van der Waals surface area contributed by atoms with Gasteiger partial charge in [0.1, 0.15) is 0 Å². The standard InChI is InChI=1S/C15H24N2O2S/c1-11-17-12(9-20-11)8-13(18)16-10-15(19)6-4-14(2,3)5-7-15/h9,19H,4-8,10H2,1-3H3,(H,16,18). The molecule has 20 heavy (non-hydrogen) atoms. The first kappa shape index (κ1) is 15.4. The van der Waals surface area contributed by atoms with Crippen LogP contribution in [0, 0.1) is 12.3 Å². The number of carbonyl (C=O) groups is 1. The Labute approximate surface area is 124 Å². The largest absolute Gasteiger partial charge is 0.388 e. The molecule has 1 aliphatic rings. The highest BCUT2D eigenvalue weighted by Crippen LogP contribution is 2.39. The van der Waals surface area contributed by atoms with E-state index in [4.69, 9.17) is 0 Å². The summed E-state index contributed by atoms with van der Waals surface area (Å²) in [4.78, 5) is 16.2. The Morgan fingerprint density at radius 2 is 2.05 bits per heavy atom. The zero-order valence-corrected chi connectivity index (χ0v) is 13.3. The molecule has 4 nitrogen and oxygen atoms in total. The number of carbonyl (C=O) groups excluding carboxylic acids is 1. The fourth-order valence-corrected chi connectivity index (χ4v) is 3.16. The Bertz CT molecular complexity index is 472. The molecule has 0 radical (unpaired) electrons. The van der Waals surface area contributed by atoms with Crippen LogP contribution < -0.4 is 5.32 Å². The number of aryl methyl sites for hydroxylation is 1. The third-order valence-corrected chi connectivity index (χ3v) is 4.98. The first-order chi connectivity index (χ1) is 9.28. The molecule has 0 aromatic carbocycles. The van der Waals surface area contributed by atoms with Crippen molar-refractivity contribution in [2.75, 3.05) is 6.54 Å². The van der Waals surface area contributed by atoms with Gasteiger partial charge in [-0.3, -0.25) is 4.79 Å². The molecule has 0 unspecified atom stereocenters. The molecule has 1 heterocycles. The maximum absolute atomic E-state index is 11.9. The van der Waals surface area contributed by atoms with Crippen LogP contribution >= 0.6 is 11.3 Å². The summed E-state index contributed by atoms with van der Waals surface area (Å²) in [5.74, 6) is -0.0615. The molecule has 1 saturated carbocycles. The number of hydrogen-bond donors (Lipinski definition) is 2. The van der Waals surface area contributed by atoms with E-state index in [1.165, 1.54) is 0 Å². The van der Waals surface area contributed by atoms with Gasteiger partial charge in [-0.1, -0.05) is 13.8 Å². The van der Waals surface area contributed by atoms with E-state index in [1.807, 2.05) is 12.3 Å². The Kier molecular flexibility index (Phi) is 4.49. The second kappa shape index (κ2) is 5.82. The van der Waals surface area contributed by atoms with Crippen molar-refractivity contribution < 1.29 is 9.90 Å². The lowest BCUT2D eigenvalue weighted by Gasteiger charge is -2.40. The summed E-state index contributed by atoms with van der Waals surface area (Å²) in [5.41, 5.74) is 0.388. The van der Waals surface area contributed by atoms with Gasteiger partial charge in [-0.15, -0.1) is 11.3 Å². The maximum atomic E-state index is 11.9. The molecular formula is C15H24N2O2S. The number of thiazole rings is 1. The normalized spacial score (nSPS) is 20.6. The smallest absolute Gasteiger partial charge is 0.226 e. The van der Waals surface area contributed by atoms with E-state index in [0.29, 0.717) is 18.4 Å². The van der Waals surface area contributed by atoms with E-state index in [-0.39, 0.29) is 5.91 Å². The molecule has 1 aromatic heterocycles. The SMILES string of the molecule is Cc1nc(CC(=O)NCC2(O)CCC(C)(C)CC2)cs1. The van der Waals surface area contributed by atoms with E-state index in [2.05, 4.69) is 24.1 Å². The van der Waals surface area contributed by atoms with Crippen LogP contribution in [0.15, 0.2) is 5.38 Å². The lowest BCUT2D eigenvalue weighted by atomic mass is 9.71. The Morgan fingerprint density at radius 1 is 1.40 bits per heavy atom. The quantitative estimate of drug-likeness (QED) is 0.897. The third-order valence-electron chi connectivity index (χ3n) is 4.16. The van der Waals surface area contributed by atoms with Crippen LogP contribution in [0.5, 0.6) is 0 Å². The molecule has 1 aromatic rings. The van der Waals surface area contributed by atoms with Crippen molar-refractivity contribution in [1.82, 2.24) is 10.3 Å². The van der Waals surface area contributed by atoms with Crippen LogP contribution in [0.4, 0.5) is 0 Å². The molecule has 0 spiro atoms. The average Bonchev–Trinajstić information content (AvgIpc) is 2.77. The van der Waals surface area contributed by atoms with Gasteiger partial charge in [0.15, 0.2) is 0 Å². The highest BCUT2D eigenvalue weighted by atomic mass is 32.1. The third kappa shape index (κ3) is 4.28. The van der Waals surface area contributed by atoms with Crippen molar-refractivity contribution in [1.29, 1.82) is 0 Å². The fraction of sp³-hybridized carbons (Fsp3) is 0.733. The zero-order chi connectivity index (χ0) is 14.8. The van der Waals surface area contributed by atoms with Gasteiger partial charge in [-0.25, -0.2) is 4.98 Å². The molecular weight excluding hydrogens is 272 g/mol. The molecule has 112 valence electrons. The van der Waals surface area contributed by atoms with Crippen LogP contribution in [0.1, 0.15) is 50.2 Å². The van der Waals surface area contributed by atoms with Crippen LogP contribution in [-0.2, 0) is 11.2 Å². The van der Waals surface area contributed by atoms with Crippen LogP contribution in [-0.4, -0.2) is 28.1 Å². The topological polar surface area (TPSA) is 62.2 Å². The lowest BCUT2D eigenvalue weighted by Crippen LogP contribution is -2.46.